The second kappa shape index (κ2) is 8.44. The van der Waals surface area contributed by atoms with Crippen LogP contribution in [0.2, 0.25) is 0 Å². The largest absolute Gasteiger partial charge is 0.373 e. The molecule has 0 spiro atoms. The van der Waals surface area contributed by atoms with E-state index in [-0.39, 0.29) is 18.0 Å². The number of ether oxygens (including phenoxy) is 1. The molecule has 1 saturated carbocycles. The van der Waals surface area contributed by atoms with Gasteiger partial charge in [0.2, 0.25) is 10.0 Å². The van der Waals surface area contributed by atoms with Crippen LogP contribution in [0.3, 0.4) is 0 Å². The second-order valence-electron chi connectivity index (χ2n) is 8.07. The highest BCUT2D eigenvalue weighted by molar-refractivity contribution is 7.89. The number of sulfonamides is 1. The molecule has 3 fully saturated rings. The van der Waals surface area contributed by atoms with Crippen LogP contribution < -0.4 is 5.32 Å². The van der Waals surface area contributed by atoms with Crippen molar-refractivity contribution in [3.05, 3.63) is 0 Å². The van der Waals surface area contributed by atoms with Crippen molar-refractivity contribution in [1.29, 1.82) is 0 Å². The van der Waals surface area contributed by atoms with Gasteiger partial charge in [-0.1, -0.05) is 12.8 Å². The molecule has 0 aromatic heterocycles. The fourth-order valence-electron chi connectivity index (χ4n) is 4.69. The van der Waals surface area contributed by atoms with Crippen molar-refractivity contribution in [1.82, 2.24) is 14.5 Å². The normalized spacial score (nSPS) is 34.0. The van der Waals surface area contributed by atoms with E-state index < -0.39 is 10.0 Å². The first-order chi connectivity index (χ1) is 12.4. The Morgan fingerprint density at radius 3 is 2.19 bits per heavy atom. The molecular formula is C18H34N4O3S. The van der Waals surface area contributed by atoms with E-state index in [1.54, 1.807) is 11.4 Å². The van der Waals surface area contributed by atoms with E-state index in [1.165, 1.54) is 25.7 Å². The molecule has 1 aliphatic carbocycles. The van der Waals surface area contributed by atoms with Crippen LogP contribution in [-0.4, -0.2) is 81.3 Å². The Morgan fingerprint density at radius 1 is 1.08 bits per heavy atom. The number of hydrogen-bond acceptors (Lipinski definition) is 4. The molecule has 2 aliphatic heterocycles. The third-order valence-corrected chi connectivity index (χ3v) is 7.72. The van der Waals surface area contributed by atoms with Crippen molar-refractivity contribution in [3.63, 3.8) is 0 Å². The monoisotopic (exact) mass is 386 g/mol. The number of rotatable bonds is 4. The fourth-order valence-corrected chi connectivity index (χ4v) is 6.18. The predicted molar refractivity (Wildman–Crippen MR) is 104 cm³/mol. The lowest BCUT2D eigenvalue weighted by Crippen LogP contribution is -2.50. The molecule has 1 N–H and O–H groups in total. The minimum absolute atomic E-state index is 0.0535. The van der Waals surface area contributed by atoms with Crippen molar-refractivity contribution >= 4 is 16.0 Å². The standard InChI is InChI=1S/C18H34N4O3S/c1-14-10-22(11-15(2)25-14)26(23,24)9-8-20-18(19-3)21-12-16-6-4-5-7-17(16)13-21/h14-17H,4-13H2,1-3H3,(H,19,20). The summed E-state index contributed by atoms with van der Waals surface area (Å²) < 4.78 is 32.5. The Bertz CT molecular complexity index is 586. The quantitative estimate of drug-likeness (QED) is 0.579. The van der Waals surface area contributed by atoms with Crippen LogP contribution in [0.25, 0.3) is 0 Å². The van der Waals surface area contributed by atoms with Crippen molar-refractivity contribution < 1.29 is 13.2 Å². The molecule has 0 aromatic rings. The number of aliphatic imine (C=N–C) groups is 1. The highest BCUT2D eigenvalue weighted by Gasteiger charge is 2.36. The maximum absolute atomic E-state index is 12.6. The van der Waals surface area contributed by atoms with Crippen LogP contribution in [0.15, 0.2) is 4.99 Å². The Labute approximate surface area is 158 Å². The van der Waals surface area contributed by atoms with Gasteiger partial charge in [-0.05, 0) is 38.5 Å². The number of morpholine rings is 1. The lowest BCUT2D eigenvalue weighted by atomic mass is 9.82. The van der Waals surface area contributed by atoms with E-state index in [9.17, 15) is 8.42 Å². The van der Waals surface area contributed by atoms with Gasteiger partial charge < -0.3 is 15.0 Å². The van der Waals surface area contributed by atoms with E-state index in [2.05, 4.69) is 15.2 Å². The lowest BCUT2D eigenvalue weighted by molar-refractivity contribution is -0.0440. The van der Waals surface area contributed by atoms with Crippen molar-refractivity contribution in [2.45, 2.75) is 51.7 Å². The number of hydrogen-bond donors (Lipinski definition) is 1. The zero-order valence-corrected chi connectivity index (χ0v) is 17.2. The summed E-state index contributed by atoms with van der Waals surface area (Å²) in [4.78, 5) is 6.70. The predicted octanol–water partition coefficient (Wildman–Crippen LogP) is 1.12. The van der Waals surface area contributed by atoms with E-state index in [0.29, 0.717) is 19.6 Å². The van der Waals surface area contributed by atoms with Crippen LogP contribution in [0, 0.1) is 11.8 Å². The smallest absolute Gasteiger partial charge is 0.216 e. The molecule has 0 amide bonds. The molecule has 4 atom stereocenters. The van der Waals surface area contributed by atoms with Gasteiger partial charge in [-0.2, -0.15) is 4.31 Å². The molecule has 3 rings (SSSR count). The first-order valence-corrected chi connectivity index (χ1v) is 11.6. The molecule has 2 saturated heterocycles. The summed E-state index contributed by atoms with van der Waals surface area (Å²) in [6, 6.07) is 0. The Morgan fingerprint density at radius 2 is 1.65 bits per heavy atom. The molecule has 4 unspecified atom stereocenters. The first-order valence-electron chi connectivity index (χ1n) is 9.98. The summed E-state index contributed by atoms with van der Waals surface area (Å²) in [5.74, 6) is 2.50. The van der Waals surface area contributed by atoms with Crippen LogP contribution in [0.1, 0.15) is 39.5 Å². The van der Waals surface area contributed by atoms with Gasteiger partial charge in [0, 0.05) is 39.8 Å². The van der Waals surface area contributed by atoms with Gasteiger partial charge in [-0.3, -0.25) is 4.99 Å². The van der Waals surface area contributed by atoms with Crippen LogP contribution >= 0.6 is 0 Å². The van der Waals surface area contributed by atoms with Crippen LogP contribution in [-0.2, 0) is 14.8 Å². The molecule has 7 nitrogen and oxygen atoms in total. The average molecular weight is 387 g/mol. The highest BCUT2D eigenvalue weighted by Crippen LogP contribution is 2.35. The average Bonchev–Trinajstić information content (AvgIpc) is 3.01. The molecule has 0 aromatic carbocycles. The molecule has 3 aliphatic rings. The second-order valence-corrected chi connectivity index (χ2v) is 10.2. The topological polar surface area (TPSA) is 74.2 Å². The van der Waals surface area contributed by atoms with Crippen molar-refractivity contribution in [3.8, 4) is 0 Å². The summed E-state index contributed by atoms with van der Waals surface area (Å²) in [5, 5.41) is 3.28. The van der Waals surface area contributed by atoms with Crippen molar-refractivity contribution in [2.24, 2.45) is 16.8 Å². The van der Waals surface area contributed by atoms with Gasteiger partial charge in [0.1, 0.15) is 0 Å². The van der Waals surface area contributed by atoms with Gasteiger partial charge in [0.15, 0.2) is 5.96 Å². The SMILES string of the molecule is CN=C(NCCS(=O)(=O)N1CC(C)OC(C)C1)N1CC2CCCCC2C1. The lowest BCUT2D eigenvalue weighted by Gasteiger charge is -2.34. The summed E-state index contributed by atoms with van der Waals surface area (Å²) >= 11 is 0. The summed E-state index contributed by atoms with van der Waals surface area (Å²) in [6.45, 7) is 7.22. The minimum Gasteiger partial charge on any atom is -0.373 e. The van der Waals surface area contributed by atoms with Crippen LogP contribution in [0.5, 0.6) is 0 Å². The maximum atomic E-state index is 12.6. The first kappa shape index (κ1) is 19.9. The van der Waals surface area contributed by atoms with Crippen LogP contribution in [0.4, 0.5) is 0 Å². The van der Waals surface area contributed by atoms with Gasteiger partial charge in [-0.25, -0.2) is 8.42 Å². The Kier molecular flexibility index (Phi) is 6.45. The Balaban J connectivity index is 1.50. The van der Waals surface area contributed by atoms with Gasteiger partial charge in [-0.15, -0.1) is 0 Å². The highest BCUT2D eigenvalue weighted by atomic mass is 32.2. The van der Waals surface area contributed by atoms with Gasteiger partial charge in [0.05, 0.1) is 18.0 Å². The maximum Gasteiger partial charge on any atom is 0.216 e. The van der Waals surface area contributed by atoms with E-state index in [0.717, 1.165) is 30.9 Å². The number of likely N-dealkylation sites (tertiary alicyclic amines) is 1. The number of nitrogens with zero attached hydrogens (tertiary/aromatic N) is 3. The molecule has 2 heterocycles. The third kappa shape index (κ3) is 4.70. The zero-order valence-electron chi connectivity index (χ0n) is 16.4. The Hall–Kier alpha value is -0.860. The van der Waals surface area contributed by atoms with Gasteiger partial charge >= 0.3 is 0 Å². The van der Waals surface area contributed by atoms with E-state index >= 15 is 0 Å². The fraction of sp³-hybridized carbons (Fsp3) is 0.944. The molecule has 26 heavy (non-hydrogen) atoms. The number of fused-ring (bicyclic) bond motifs is 1. The van der Waals surface area contributed by atoms with Crippen molar-refractivity contribution in [2.75, 3.05) is 45.5 Å². The van der Waals surface area contributed by atoms with E-state index in [4.69, 9.17) is 4.74 Å². The third-order valence-electron chi connectivity index (χ3n) is 5.91. The summed E-state index contributed by atoms with van der Waals surface area (Å²) in [6.07, 6.45) is 5.22. The molecule has 0 radical (unpaired) electrons. The number of nitrogens with one attached hydrogen (secondary N) is 1. The van der Waals surface area contributed by atoms with Gasteiger partial charge in [0.25, 0.3) is 0 Å². The zero-order chi connectivity index (χ0) is 18.7. The van der Waals surface area contributed by atoms with E-state index in [1.807, 2.05) is 13.8 Å². The number of guanidine groups is 1. The summed E-state index contributed by atoms with van der Waals surface area (Å²) in [7, 11) is -1.50. The molecule has 150 valence electrons. The molecule has 8 heteroatoms. The molecular weight excluding hydrogens is 352 g/mol. The minimum atomic E-state index is -3.28. The molecule has 0 bridgehead atoms. The summed E-state index contributed by atoms with van der Waals surface area (Å²) in [5.41, 5.74) is 0.